The monoisotopic (exact) mass is 384 g/mol. The van der Waals surface area contributed by atoms with Crippen LogP contribution in [0.1, 0.15) is 15.9 Å². The van der Waals surface area contributed by atoms with Gasteiger partial charge in [-0.3, -0.25) is 4.79 Å². The van der Waals surface area contributed by atoms with Gasteiger partial charge in [0, 0.05) is 48.6 Å². The molecule has 0 bridgehead atoms. The van der Waals surface area contributed by atoms with Crippen molar-refractivity contribution in [1.29, 1.82) is 0 Å². The highest BCUT2D eigenvalue weighted by atomic mass is 35.5. The Hall–Kier alpha value is -2.57. The van der Waals surface area contributed by atoms with Gasteiger partial charge in [-0.15, -0.1) is 0 Å². The molecule has 1 fully saturated rings. The molecule has 0 radical (unpaired) electrons. The lowest BCUT2D eigenvalue weighted by molar-refractivity contribution is 0.0304. The molecule has 2 aromatic heterocycles. The minimum atomic E-state index is -0.00420. The molecule has 0 aliphatic carbocycles. The molecule has 3 aromatic rings. The Morgan fingerprint density at radius 1 is 1.33 bits per heavy atom. The standard InChI is InChI=1S/C20H21ClN4O2/c1-13-11-22-18-17(13)16(20(26)25-6-8-27-9-7-25)12-23-19(18)24(2)15-5-3-4-14(21)10-15/h3-5,10-12,22H,6-9H2,1-2H3. The van der Waals surface area contributed by atoms with E-state index in [-0.39, 0.29) is 5.91 Å². The molecule has 1 aliphatic heterocycles. The third-order valence-corrected chi connectivity index (χ3v) is 5.16. The van der Waals surface area contributed by atoms with Gasteiger partial charge >= 0.3 is 0 Å². The van der Waals surface area contributed by atoms with Gasteiger partial charge in [-0.1, -0.05) is 17.7 Å². The van der Waals surface area contributed by atoms with Crippen LogP contribution < -0.4 is 4.90 Å². The summed E-state index contributed by atoms with van der Waals surface area (Å²) in [5, 5.41) is 1.57. The molecule has 7 heteroatoms. The number of ether oxygens (including phenoxy) is 1. The average Bonchev–Trinajstić information content (AvgIpc) is 3.09. The first-order valence-corrected chi connectivity index (χ1v) is 9.27. The third-order valence-electron chi connectivity index (χ3n) is 4.93. The van der Waals surface area contributed by atoms with E-state index in [9.17, 15) is 4.79 Å². The second-order valence-electron chi connectivity index (χ2n) is 6.66. The number of aryl methyl sites for hydroxylation is 1. The van der Waals surface area contributed by atoms with Crippen molar-refractivity contribution in [2.45, 2.75) is 6.92 Å². The van der Waals surface area contributed by atoms with E-state index in [2.05, 4.69) is 9.97 Å². The van der Waals surface area contributed by atoms with E-state index in [4.69, 9.17) is 16.3 Å². The van der Waals surface area contributed by atoms with E-state index in [0.29, 0.717) is 36.9 Å². The highest BCUT2D eigenvalue weighted by molar-refractivity contribution is 6.30. The van der Waals surface area contributed by atoms with Crippen LogP contribution in [0, 0.1) is 6.92 Å². The zero-order chi connectivity index (χ0) is 19.0. The Morgan fingerprint density at radius 3 is 2.85 bits per heavy atom. The van der Waals surface area contributed by atoms with Crippen molar-refractivity contribution < 1.29 is 9.53 Å². The van der Waals surface area contributed by atoms with E-state index in [0.717, 1.165) is 28.0 Å². The second kappa shape index (κ2) is 7.21. The highest BCUT2D eigenvalue weighted by Crippen LogP contribution is 2.33. The number of hydrogen-bond acceptors (Lipinski definition) is 4. The Balaban J connectivity index is 1.78. The Bertz CT molecular complexity index is 995. The Labute approximate surface area is 162 Å². The maximum Gasteiger partial charge on any atom is 0.256 e. The molecule has 1 aromatic carbocycles. The summed E-state index contributed by atoms with van der Waals surface area (Å²) in [5.74, 6) is 0.745. The number of rotatable bonds is 3. The fourth-order valence-corrected chi connectivity index (χ4v) is 3.64. The number of aromatic nitrogens is 2. The second-order valence-corrected chi connectivity index (χ2v) is 7.10. The number of fused-ring (bicyclic) bond motifs is 1. The summed E-state index contributed by atoms with van der Waals surface area (Å²) in [6.07, 6.45) is 3.59. The van der Waals surface area contributed by atoms with Crippen LogP contribution in [-0.2, 0) is 4.74 Å². The molecule has 1 amide bonds. The summed E-state index contributed by atoms with van der Waals surface area (Å²) in [6.45, 7) is 4.36. The van der Waals surface area contributed by atoms with Gasteiger partial charge in [0.25, 0.3) is 5.91 Å². The molecule has 27 heavy (non-hydrogen) atoms. The van der Waals surface area contributed by atoms with Crippen molar-refractivity contribution in [3.05, 3.63) is 52.8 Å². The van der Waals surface area contributed by atoms with Gasteiger partial charge in [0.05, 0.1) is 24.3 Å². The van der Waals surface area contributed by atoms with Gasteiger partial charge in [0.1, 0.15) is 0 Å². The average molecular weight is 385 g/mol. The first-order chi connectivity index (χ1) is 13.1. The van der Waals surface area contributed by atoms with Crippen molar-refractivity contribution in [3.63, 3.8) is 0 Å². The minimum absolute atomic E-state index is 0.00420. The number of aromatic amines is 1. The number of benzene rings is 1. The fraction of sp³-hybridized carbons (Fsp3) is 0.300. The number of halogens is 1. The lowest BCUT2D eigenvalue weighted by Gasteiger charge is -2.27. The molecular weight excluding hydrogens is 364 g/mol. The maximum absolute atomic E-state index is 13.0. The van der Waals surface area contributed by atoms with Gasteiger partial charge in [-0.05, 0) is 30.7 Å². The topological polar surface area (TPSA) is 61.5 Å². The van der Waals surface area contributed by atoms with E-state index in [1.54, 1.807) is 6.20 Å². The lowest BCUT2D eigenvalue weighted by atomic mass is 10.1. The van der Waals surface area contributed by atoms with E-state index in [1.165, 1.54) is 0 Å². The van der Waals surface area contributed by atoms with Crippen LogP contribution in [0.2, 0.25) is 5.02 Å². The summed E-state index contributed by atoms with van der Waals surface area (Å²) >= 11 is 6.14. The number of morpholine rings is 1. The Morgan fingerprint density at radius 2 is 2.11 bits per heavy atom. The number of nitrogens with zero attached hydrogens (tertiary/aromatic N) is 3. The SMILES string of the molecule is Cc1c[nH]c2c(N(C)c3cccc(Cl)c3)ncc(C(=O)N3CCOCC3)c12. The summed E-state index contributed by atoms with van der Waals surface area (Å²) < 4.78 is 5.36. The summed E-state index contributed by atoms with van der Waals surface area (Å²) in [6, 6.07) is 7.60. The number of carbonyl (C=O) groups excluding carboxylic acids is 1. The summed E-state index contributed by atoms with van der Waals surface area (Å²) in [5.41, 5.74) is 3.41. The first kappa shape index (κ1) is 17.8. The van der Waals surface area contributed by atoms with Gasteiger partial charge in [-0.2, -0.15) is 0 Å². The molecule has 0 atom stereocenters. The van der Waals surface area contributed by atoms with Crippen molar-refractivity contribution in [2.75, 3.05) is 38.3 Å². The first-order valence-electron chi connectivity index (χ1n) is 8.89. The third kappa shape index (κ3) is 3.26. The molecular formula is C20H21ClN4O2. The molecule has 1 N–H and O–H groups in total. The van der Waals surface area contributed by atoms with Gasteiger partial charge in [0.15, 0.2) is 5.82 Å². The predicted octanol–water partition coefficient (Wildman–Crippen LogP) is 3.77. The number of anilines is 2. The molecule has 0 spiro atoms. The quantitative estimate of drug-likeness (QED) is 0.746. The maximum atomic E-state index is 13.0. The van der Waals surface area contributed by atoms with Crippen molar-refractivity contribution in [2.24, 2.45) is 0 Å². The largest absolute Gasteiger partial charge is 0.378 e. The van der Waals surface area contributed by atoms with Crippen LogP contribution in [0.15, 0.2) is 36.7 Å². The van der Waals surface area contributed by atoms with Crippen molar-refractivity contribution in [3.8, 4) is 0 Å². The molecule has 1 saturated heterocycles. The van der Waals surface area contributed by atoms with Gasteiger partial charge in [0.2, 0.25) is 0 Å². The molecule has 6 nitrogen and oxygen atoms in total. The molecule has 0 saturated carbocycles. The van der Waals surface area contributed by atoms with Crippen LogP contribution in [-0.4, -0.2) is 54.1 Å². The number of carbonyl (C=O) groups is 1. The number of amides is 1. The highest BCUT2D eigenvalue weighted by Gasteiger charge is 2.24. The zero-order valence-electron chi connectivity index (χ0n) is 15.3. The molecule has 0 unspecified atom stereocenters. The summed E-state index contributed by atoms with van der Waals surface area (Å²) in [4.78, 5) is 24.7. The van der Waals surface area contributed by atoms with Crippen LogP contribution in [0.25, 0.3) is 10.9 Å². The minimum Gasteiger partial charge on any atom is -0.378 e. The molecule has 3 heterocycles. The van der Waals surface area contributed by atoms with Crippen LogP contribution in [0.3, 0.4) is 0 Å². The van der Waals surface area contributed by atoms with E-state index < -0.39 is 0 Å². The summed E-state index contributed by atoms with van der Waals surface area (Å²) in [7, 11) is 1.94. The van der Waals surface area contributed by atoms with E-state index >= 15 is 0 Å². The molecule has 140 valence electrons. The van der Waals surface area contributed by atoms with E-state index in [1.807, 2.05) is 54.2 Å². The van der Waals surface area contributed by atoms with Crippen LogP contribution in [0.5, 0.6) is 0 Å². The fourth-order valence-electron chi connectivity index (χ4n) is 3.46. The van der Waals surface area contributed by atoms with Gasteiger partial charge < -0.3 is 19.5 Å². The molecule has 1 aliphatic rings. The number of hydrogen-bond donors (Lipinski definition) is 1. The number of H-pyrrole nitrogens is 1. The number of pyridine rings is 1. The Kier molecular flexibility index (Phi) is 4.76. The van der Waals surface area contributed by atoms with Gasteiger partial charge in [-0.25, -0.2) is 4.98 Å². The smallest absolute Gasteiger partial charge is 0.256 e. The molecule has 4 rings (SSSR count). The van der Waals surface area contributed by atoms with Crippen molar-refractivity contribution in [1.82, 2.24) is 14.9 Å². The van der Waals surface area contributed by atoms with Crippen LogP contribution >= 0.6 is 11.6 Å². The zero-order valence-corrected chi connectivity index (χ0v) is 16.1. The van der Waals surface area contributed by atoms with Crippen LogP contribution in [0.4, 0.5) is 11.5 Å². The normalized spacial score (nSPS) is 14.6. The lowest BCUT2D eigenvalue weighted by Crippen LogP contribution is -2.40. The number of nitrogens with one attached hydrogen (secondary N) is 1. The predicted molar refractivity (Wildman–Crippen MR) is 107 cm³/mol. The van der Waals surface area contributed by atoms with Crippen molar-refractivity contribution >= 4 is 39.9 Å².